The number of amides is 1. The number of hydrogen-bond acceptors (Lipinski definition) is 6. The van der Waals surface area contributed by atoms with Crippen LogP contribution in [0.1, 0.15) is 264 Å². The highest BCUT2D eigenvalue weighted by Gasteiger charge is 2.23. The molecule has 0 aromatic heterocycles. The molecule has 0 bridgehead atoms. The molecule has 77 heavy (non-hydrogen) atoms. The van der Waals surface area contributed by atoms with Gasteiger partial charge in [-0.1, -0.05) is 277 Å². The molecule has 0 rings (SSSR count). The quantitative estimate of drug-likeness (QED) is 0.0272. The van der Waals surface area contributed by atoms with Crippen molar-refractivity contribution in [1.82, 2.24) is 5.32 Å². The van der Waals surface area contributed by atoms with Crippen LogP contribution >= 0.6 is 7.82 Å². The number of likely N-dealkylation sites (N-methyl/N-ethyl adjacent to an activating group) is 1. The second kappa shape index (κ2) is 57.8. The number of rotatable bonds is 57. The van der Waals surface area contributed by atoms with Gasteiger partial charge in [-0.05, 0) is 89.9 Å². The van der Waals surface area contributed by atoms with Gasteiger partial charge in [-0.2, -0.15) is 0 Å². The Kier molecular flexibility index (Phi) is 55.7. The average molecular weight is 1090 g/mol. The lowest BCUT2D eigenvalue weighted by Crippen LogP contribution is -2.45. The first-order valence-electron chi connectivity index (χ1n) is 31.7. The zero-order chi connectivity index (χ0) is 56.3. The molecule has 0 radical (unpaired) electrons. The number of nitrogens with zero attached hydrogens (tertiary/aromatic N) is 1. The van der Waals surface area contributed by atoms with Gasteiger partial charge in [-0.25, -0.2) is 0 Å². The highest BCUT2D eigenvalue weighted by atomic mass is 31.2. The van der Waals surface area contributed by atoms with Crippen LogP contribution in [0, 0.1) is 0 Å². The van der Waals surface area contributed by atoms with E-state index in [4.69, 9.17) is 9.05 Å². The zero-order valence-corrected chi connectivity index (χ0v) is 51.5. The minimum atomic E-state index is -4.61. The van der Waals surface area contributed by atoms with Gasteiger partial charge in [0.15, 0.2) is 0 Å². The Morgan fingerprint density at radius 3 is 1.21 bits per heavy atom. The highest BCUT2D eigenvalue weighted by molar-refractivity contribution is 7.45. The number of carbonyl (C=O) groups is 1. The van der Waals surface area contributed by atoms with Gasteiger partial charge in [0, 0.05) is 6.42 Å². The van der Waals surface area contributed by atoms with Crippen LogP contribution in [0.4, 0.5) is 0 Å². The first-order valence-corrected chi connectivity index (χ1v) is 33.2. The number of aliphatic hydroxyl groups is 1. The van der Waals surface area contributed by atoms with Crippen LogP contribution in [0.15, 0.2) is 109 Å². The van der Waals surface area contributed by atoms with Crippen molar-refractivity contribution in [2.24, 2.45) is 0 Å². The second-order valence-corrected chi connectivity index (χ2v) is 23.8. The predicted molar refractivity (Wildman–Crippen MR) is 334 cm³/mol. The molecule has 0 saturated heterocycles. The Morgan fingerprint density at radius 2 is 0.805 bits per heavy atom. The minimum Gasteiger partial charge on any atom is -0.756 e. The molecule has 1 amide bonds. The topological polar surface area (TPSA) is 108 Å². The first-order chi connectivity index (χ1) is 37.5. The van der Waals surface area contributed by atoms with E-state index in [1.54, 1.807) is 6.08 Å². The highest BCUT2D eigenvalue weighted by Crippen LogP contribution is 2.38. The average Bonchev–Trinajstić information content (AvgIpc) is 3.39. The summed E-state index contributed by atoms with van der Waals surface area (Å²) in [6, 6.07) is -0.908. The smallest absolute Gasteiger partial charge is 0.268 e. The van der Waals surface area contributed by atoms with E-state index in [0.29, 0.717) is 17.4 Å². The summed E-state index contributed by atoms with van der Waals surface area (Å²) in [6.45, 7) is 4.52. The third-order valence-electron chi connectivity index (χ3n) is 13.7. The Morgan fingerprint density at radius 1 is 0.468 bits per heavy atom. The summed E-state index contributed by atoms with van der Waals surface area (Å²) in [5, 5.41) is 13.9. The number of quaternary nitrogens is 1. The van der Waals surface area contributed by atoms with Crippen LogP contribution in [0.2, 0.25) is 0 Å². The molecule has 0 spiro atoms. The monoisotopic (exact) mass is 1090 g/mol. The minimum absolute atomic E-state index is 0.00910. The molecule has 0 aromatic rings. The molecule has 444 valence electrons. The molecule has 0 heterocycles. The molecule has 0 aliphatic carbocycles. The van der Waals surface area contributed by atoms with E-state index in [1.807, 2.05) is 27.2 Å². The van der Waals surface area contributed by atoms with E-state index in [1.165, 1.54) is 161 Å². The van der Waals surface area contributed by atoms with E-state index in [-0.39, 0.29) is 12.5 Å². The van der Waals surface area contributed by atoms with Gasteiger partial charge in [0.2, 0.25) is 5.91 Å². The van der Waals surface area contributed by atoms with Crippen molar-refractivity contribution in [2.75, 3.05) is 40.9 Å². The van der Waals surface area contributed by atoms with Crippen molar-refractivity contribution in [3.63, 3.8) is 0 Å². The van der Waals surface area contributed by atoms with Crippen LogP contribution in [-0.4, -0.2) is 68.5 Å². The first kappa shape index (κ1) is 74.2. The molecule has 0 fully saturated rings. The fourth-order valence-corrected chi connectivity index (χ4v) is 9.52. The number of nitrogens with one attached hydrogen (secondary N) is 1. The van der Waals surface area contributed by atoms with Gasteiger partial charge in [0.25, 0.3) is 7.82 Å². The van der Waals surface area contributed by atoms with Crippen molar-refractivity contribution in [3.05, 3.63) is 109 Å². The Balaban J connectivity index is 4.04. The fourth-order valence-electron chi connectivity index (χ4n) is 8.80. The Bertz CT molecular complexity index is 1620. The third kappa shape index (κ3) is 60.6. The lowest BCUT2D eigenvalue weighted by molar-refractivity contribution is -0.870. The molecule has 8 nitrogen and oxygen atoms in total. The fraction of sp³-hybridized carbons (Fsp3) is 0.721. The van der Waals surface area contributed by atoms with Crippen molar-refractivity contribution in [1.29, 1.82) is 0 Å². The molecule has 0 saturated carbocycles. The van der Waals surface area contributed by atoms with Crippen LogP contribution in [0.25, 0.3) is 0 Å². The van der Waals surface area contributed by atoms with Gasteiger partial charge >= 0.3 is 0 Å². The lowest BCUT2D eigenvalue weighted by atomic mass is 10.0. The summed E-state index contributed by atoms with van der Waals surface area (Å²) < 4.78 is 23.3. The number of phosphoric acid groups is 1. The summed E-state index contributed by atoms with van der Waals surface area (Å²) in [4.78, 5) is 25.5. The molecule has 0 aliphatic rings. The van der Waals surface area contributed by atoms with E-state index in [0.717, 1.165) is 83.5 Å². The number of allylic oxidation sites excluding steroid dienone is 17. The largest absolute Gasteiger partial charge is 0.756 e. The predicted octanol–water partition coefficient (Wildman–Crippen LogP) is 19.3. The summed E-state index contributed by atoms with van der Waals surface area (Å²) in [5.74, 6) is -0.208. The molecule has 9 heteroatoms. The van der Waals surface area contributed by atoms with Crippen molar-refractivity contribution in [3.8, 4) is 0 Å². The SMILES string of the molecule is CC/C=C\C/C=C\C/C=C\C/C=C\C/C=C\C/C=C\C/C=C\CCCCCCCCCCCCCCCCCCCC(=O)NC(COP(=O)([O-])OCC[N+](C)(C)C)C(O)/C=C/CC/C=C/CCCCCCCCCCCC. The summed E-state index contributed by atoms with van der Waals surface area (Å²) in [6.07, 6.45) is 84.8. The van der Waals surface area contributed by atoms with Crippen LogP contribution in [-0.2, 0) is 18.4 Å². The van der Waals surface area contributed by atoms with Crippen molar-refractivity contribution >= 4 is 13.7 Å². The van der Waals surface area contributed by atoms with Crippen LogP contribution in [0.3, 0.4) is 0 Å². The van der Waals surface area contributed by atoms with E-state index >= 15 is 0 Å². The molecule has 2 N–H and O–H groups in total. The molecular weight excluding hydrogens is 972 g/mol. The second-order valence-electron chi connectivity index (χ2n) is 22.4. The van der Waals surface area contributed by atoms with E-state index in [9.17, 15) is 19.4 Å². The van der Waals surface area contributed by atoms with Gasteiger partial charge < -0.3 is 28.8 Å². The number of phosphoric ester groups is 1. The maximum atomic E-state index is 13.0. The maximum Gasteiger partial charge on any atom is 0.268 e. The molecule has 3 atom stereocenters. The Labute approximate surface area is 476 Å². The van der Waals surface area contributed by atoms with Gasteiger partial charge in [-0.3, -0.25) is 9.36 Å². The van der Waals surface area contributed by atoms with E-state index < -0.39 is 26.6 Å². The normalized spacial score (nSPS) is 14.5. The van der Waals surface area contributed by atoms with Crippen molar-refractivity contribution < 1.29 is 32.9 Å². The molecular formula is C68H121N2O6P. The van der Waals surface area contributed by atoms with E-state index in [2.05, 4.69) is 116 Å². The Hall–Kier alpha value is -2.84. The van der Waals surface area contributed by atoms with Crippen LogP contribution in [0.5, 0.6) is 0 Å². The number of aliphatic hydroxyl groups excluding tert-OH is 1. The molecule has 0 aromatic carbocycles. The van der Waals surface area contributed by atoms with Crippen LogP contribution < -0.4 is 10.2 Å². The number of unbranched alkanes of at least 4 members (excludes halogenated alkanes) is 28. The zero-order valence-electron chi connectivity index (χ0n) is 50.6. The van der Waals surface area contributed by atoms with Gasteiger partial charge in [0.1, 0.15) is 13.2 Å². The van der Waals surface area contributed by atoms with Gasteiger partial charge in [-0.15, -0.1) is 0 Å². The van der Waals surface area contributed by atoms with Crippen molar-refractivity contribution in [2.45, 2.75) is 276 Å². The third-order valence-corrected chi connectivity index (χ3v) is 14.7. The lowest BCUT2D eigenvalue weighted by Gasteiger charge is -2.29. The van der Waals surface area contributed by atoms with Gasteiger partial charge in [0.05, 0.1) is 39.9 Å². The molecule has 3 unspecified atom stereocenters. The number of hydrogen-bond donors (Lipinski definition) is 2. The standard InChI is InChI=1S/C68H121N2O6P/c1-6-8-10-12-14-16-18-20-22-24-25-26-27-28-29-30-31-32-33-34-35-36-37-38-39-40-41-42-43-44-45-46-48-50-52-54-56-58-60-62-68(72)69-66(65-76-77(73,74)75-64-63-70(3,4)5)67(71)61-59-57-55-53-51-49-47-23-21-19-17-15-13-11-9-7-2/h8,10,14,16,20,22,25-26,28-29,31-32,34-35,51,53,59,61,66-67,71H,6-7,9,11-13,15,17-19,21,23-24,27,30,33,36-50,52,54-58,60,62-65H2,1-5H3,(H-,69,72,73,74)/b10-8-,16-14-,22-20-,26-25-,29-28-,32-31-,35-34-,53-51+,61-59+. The molecule has 0 aliphatic heterocycles. The maximum absolute atomic E-state index is 13.0. The summed E-state index contributed by atoms with van der Waals surface area (Å²) in [7, 11) is 1.24. The summed E-state index contributed by atoms with van der Waals surface area (Å²) in [5.41, 5.74) is 0. The number of carbonyl (C=O) groups excluding carboxylic acids is 1. The summed E-state index contributed by atoms with van der Waals surface area (Å²) >= 11 is 0.